The highest BCUT2D eigenvalue weighted by Crippen LogP contribution is 2.42. The number of nitrogens with zero attached hydrogens (tertiary/aromatic N) is 5. The number of allylic oxidation sites excluding steroid dienone is 1. The number of aliphatic carboxylic acids is 1. The number of alkyl halides is 2. The maximum atomic E-state index is 13.5. The van der Waals surface area contributed by atoms with Crippen molar-refractivity contribution >= 4 is 68.2 Å². The van der Waals surface area contributed by atoms with E-state index in [2.05, 4.69) is 35.8 Å². The summed E-state index contributed by atoms with van der Waals surface area (Å²) in [4.78, 5) is 42.5. The first-order valence-corrected chi connectivity index (χ1v) is 18.8. The highest BCUT2D eigenvalue weighted by molar-refractivity contribution is 7.18. The summed E-state index contributed by atoms with van der Waals surface area (Å²) in [6.07, 6.45) is 5.53. The van der Waals surface area contributed by atoms with Crippen molar-refractivity contribution in [2.45, 2.75) is 51.4 Å². The number of hydrogen-bond donors (Lipinski definition) is 4. The fourth-order valence-corrected chi connectivity index (χ4v) is 8.36. The number of hydrogen-bond acceptors (Lipinski definition) is 12. The predicted octanol–water partition coefficient (Wildman–Crippen LogP) is 7.32. The van der Waals surface area contributed by atoms with Crippen LogP contribution in [-0.4, -0.2) is 74.1 Å². The lowest BCUT2D eigenvalue weighted by Gasteiger charge is -2.16. The Balaban J connectivity index is 1.10. The van der Waals surface area contributed by atoms with Crippen molar-refractivity contribution in [1.29, 1.82) is 0 Å². The molecule has 1 unspecified atom stereocenters. The fraction of sp³-hybridized carbons (Fsp3) is 0.324. The van der Waals surface area contributed by atoms with Gasteiger partial charge in [0.1, 0.15) is 22.2 Å². The van der Waals surface area contributed by atoms with Crippen LogP contribution in [0.3, 0.4) is 0 Å². The topological polar surface area (TPSA) is 154 Å². The molecule has 0 amide bonds. The normalized spacial score (nSPS) is 17.2. The molecule has 17 heteroatoms. The maximum Gasteiger partial charge on any atom is 0.388 e. The Kier molecular flexibility index (Phi) is 11.6. The summed E-state index contributed by atoms with van der Waals surface area (Å²) in [6, 6.07) is 12.6. The van der Waals surface area contributed by atoms with Gasteiger partial charge in [-0.15, -0.1) is 11.3 Å². The number of rotatable bonds is 14. The first kappa shape index (κ1) is 37.6. The van der Waals surface area contributed by atoms with Gasteiger partial charge in [0.15, 0.2) is 5.82 Å². The van der Waals surface area contributed by atoms with Crippen LogP contribution in [0.15, 0.2) is 60.6 Å². The van der Waals surface area contributed by atoms with Gasteiger partial charge >= 0.3 is 12.6 Å². The van der Waals surface area contributed by atoms with Gasteiger partial charge in [-0.1, -0.05) is 53.5 Å². The van der Waals surface area contributed by atoms with Crippen LogP contribution in [0.1, 0.15) is 36.4 Å². The van der Waals surface area contributed by atoms with E-state index in [-0.39, 0.29) is 47.2 Å². The molecule has 12 nitrogen and oxygen atoms in total. The highest BCUT2D eigenvalue weighted by Gasteiger charge is 2.26. The van der Waals surface area contributed by atoms with Crippen molar-refractivity contribution < 1.29 is 28.2 Å². The van der Waals surface area contributed by atoms with Crippen LogP contribution in [0.25, 0.3) is 32.6 Å². The summed E-state index contributed by atoms with van der Waals surface area (Å²) in [6.45, 7) is -0.376. The molecule has 7 rings (SSSR count). The largest absolute Gasteiger partial charge is 0.481 e. The van der Waals surface area contributed by atoms with Crippen LogP contribution in [0.5, 0.6) is 5.88 Å². The van der Waals surface area contributed by atoms with Gasteiger partial charge in [-0.3, -0.25) is 14.7 Å². The van der Waals surface area contributed by atoms with Crippen molar-refractivity contribution in [3.05, 3.63) is 81.3 Å². The van der Waals surface area contributed by atoms with Crippen molar-refractivity contribution in [2.24, 2.45) is 5.92 Å². The zero-order chi connectivity index (χ0) is 37.8. The number of aromatic nitrogens is 4. The Morgan fingerprint density at radius 2 is 1.89 bits per heavy atom. The van der Waals surface area contributed by atoms with E-state index >= 15 is 0 Å². The molecule has 5 heterocycles. The third-order valence-electron chi connectivity index (χ3n) is 9.30. The lowest BCUT2D eigenvalue weighted by atomic mass is 10.0. The van der Waals surface area contributed by atoms with Crippen molar-refractivity contribution in [2.75, 3.05) is 25.0 Å². The third-order valence-corrected chi connectivity index (χ3v) is 11.1. The Hall–Kier alpha value is -4.76. The van der Waals surface area contributed by atoms with Crippen LogP contribution in [-0.2, 0) is 22.7 Å². The molecule has 5 aromatic rings. The predicted molar refractivity (Wildman–Crippen MR) is 203 cm³/mol. The number of carbonyl (C=O) groups is 1. The fourth-order valence-electron chi connectivity index (χ4n) is 6.76. The van der Waals surface area contributed by atoms with Gasteiger partial charge in [-0.05, 0) is 37.4 Å². The van der Waals surface area contributed by atoms with E-state index in [1.54, 1.807) is 35.7 Å². The van der Waals surface area contributed by atoms with E-state index in [9.17, 15) is 23.5 Å². The molecule has 0 saturated carbocycles. The van der Waals surface area contributed by atoms with Gasteiger partial charge in [0.2, 0.25) is 5.88 Å². The molecule has 2 aliphatic heterocycles. The lowest BCUT2D eigenvalue weighted by molar-refractivity contribution is -0.138. The maximum absolute atomic E-state index is 13.5. The number of anilines is 2. The summed E-state index contributed by atoms with van der Waals surface area (Å²) in [7, 11) is 0. The monoisotopic (exact) mass is 794 g/mol. The summed E-state index contributed by atoms with van der Waals surface area (Å²) in [5.41, 5.74) is 3.81. The standard InChI is InChI=1S/C37H34Cl2F2N8O4S/c38-32-23(3-1-5-25(32)27-16-44-28(36(47-27)53-37(40)41)15-42-14-21-7-8-22(19-50)45-21)24-4-2-6-26(33(24)39)46-35-34-29(9-11-43-35)54-30(48-34)18-49-12-10-20(17-49)13-31(51)52/h1-6,9,11,16,20-21,37,42,45H,7-8,10,12-15,17-18H2,(H,43,46)(H,51,52)/t20?,21-/m0/s1. The number of carbonyl (C=O) groups excluding carboxylic acids is 1. The molecule has 2 atom stereocenters. The second-order valence-electron chi connectivity index (χ2n) is 13.0. The van der Waals surface area contributed by atoms with Crippen LogP contribution in [0, 0.1) is 5.92 Å². The van der Waals surface area contributed by atoms with Crippen molar-refractivity contribution in [1.82, 2.24) is 35.5 Å². The van der Waals surface area contributed by atoms with E-state index in [0.717, 1.165) is 35.6 Å². The third kappa shape index (κ3) is 8.62. The molecule has 4 N–H and O–H groups in total. The summed E-state index contributed by atoms with van der Waals surface area (Å²) >= 11 is 15.6. The molecule has 3 aromatic heterocycles. The van der Waals surface area contributed by atoms with Crippen LogP contribution in [0.4, 0.5) is 20.3 Å². The van der Waals surface area contributed by atoms with Crippen LogP contribution in [0.2, 0.25) is 10.0 Å². The highest BCUT2D eigenvalue weighted by atomic mass is 35.5. The number of nitrogens with one attached hydrogen (secondary N) is 3. The number of pyridine rings is 1. The van der Waals surface area contributed by atoms with Gasteiger partial charge in [-0.2, -0.15) is 8.78 Å². The minimum absolute atomic E-state index is 0.00734. The number of carboxylic acid groups (broad SMARTS) is 1. The molecule has 280 valence electrons. The first-order chi connectivity index (χ1) is 26.1. The van der Waals surface area contributed by atoms with Gasteiger partial charge in [0, 0.05) is 61.4 Å². The van der Waals surface area contributed by atoms with Crippen molar-refractivity contribution in [3.63, 3.8) is 0 Å². The van der Waals surface area contributed by atoms with Gasteiger partial charge in [-0.25, -0.2) is 19.7 Å². The Morgan fingerprint density at radius 3 is 2.67 bits per heavy atom. The molecule has 2 aliphatic rings. The smallest absolute Gasteiger partial charge is 0.388 e. The number of fused-ring (bicyclic) bond motifs is 1. The quantitative estimate of drug-likeness (QED) is 0.0833. The number of benzene rings is 2. The molecule has 0 radical (unpaired) electrons. The zero-order valence-electron chi connectivity index (χ0n) is 28.6. The average molecular weight is 796 g/mol. The number of thiazole rings is 1. The van der Waals surface area contributed by atoms with Crippen LogP contribution < -0.4 is 20.7 Å². The summed E-state index contributed by atoms with van der Waals surface area (Å²) in [5, 5.41) is 20.3. The van der Waals surface area contributed by atoms with E-state index in [0.29, 0.717) is 63.9 Å². The second kappa shape index (κ2) is 16.7. The summed E-state index contributed by atoms with van der Waals surface area (Å²) in [5.74, 6) is 1.43. The summed E-state index contributed by atoms with van der Waals surface area (Å²) < 4.78 is 32.7. The van der Waals surface area contributed by atoms with Crippen molar-refractivity contribution in [3.8, 4) is 28.3 Å². The van der Waals surface area contributed by atoms with E-state index in [1.807, 2.05) is 30.2 Å². The molecule has 2 aromatic carbocycles. The molecular weight excluding hydrogens is 761 g/mol. The molecule has 0 spiro atoms. The van der Waals surface area contributed by atoms with Gasteiger partial charge in [0.05, 0.1) is 44.6 Å². The molecule has 0 aliphatic carbocycles. The average Bonchev–Trinajstić information content (AvgIpc) is 3.90. The van der Waals surface area contributed by atoms with E-state index in [4.69, 9.17) is 32.9 Å². The SMILES string of the molecule is O=C=C1CC[C@@H](CNCc2ncc(-c3cccc(-c4cccc(Nc5nccc6sc(CN7CCC(CC(=O)O)C7)nc56)c4Cl)c3Cl)nc2OC(F)F)N1. The molecule has 2 fully saturated rings. The Morgan fingerprint density at radius 1 is 1.09 bits per heavy atom. The minimum atomic E-state index is -3.12. The minimum Gasteiger partial charge on any atom is -0.481 e. The van der Waals surface area contributed by atoms with E-state index in [1.165, 1.54) is 6.20 Å². The number of likely N-dealkylation sites (tertiary alicyclic amines) is 1. The molecular formula is C37H34Cl2F2N8O4S. The zero-order valence-corrected chi connectivity index (χ0v) is 30.9. The Labute approximate surface area is 322 Å². The molecule has 54 heavy (non-hydrogen) atoms. The van der Waals surface area contributed by atoms with E-state index < -0.39 is 12.6 Å². The second-order valence-corrected chi connectivity index (χ2v) is 14.9. The van der Waals surface area contributed by atoms with Gasteiger partial charge < -0.3 is 25.8 Å². The molecule has 2 saturated heterocycles. The number of ether oxygens (including phenoxy) is 1. The lowest BCUT2D eigenvalue weighted by Crippen LogP contribution is -2.33. The molecule has 0 bridgehead atoms. The first-order valence-electron chi connectivity index (χ1n) is 17.2. The van der Waals surface area contributed by atoms with Crippen LogP contribution >= 0.6 is 34.5 Å². The number of halogens is 4. The Bertz CT molecular complexity index is 2240. The van der Waals surface area contributed by atoms with Gasteiger partial charge in [0.25, 0.3) is 0 Å². The number of carboxylic acids is 1.